The molecule has 0 saturated heterocycles. The van der Waals surface area contributed by atoms with Crippen molar-refractivity contribution in [3.8, 4) is 17.2 Å². The van der Waals surface area contributed by atoms with Crippen molar-refractivity contribution >= 4 is 15.7 Å². The lowest BCUT2D eigenvalue weighted by Gasteiger charge is -2.28. The fourth-order valence-electron chi connectivity index (χ4n) is 2.95. The van der Waals surface area contributed by atoms with Crippen LogP contribution < -0.4 is 23.8 Å². The summed E-state index contributed by atoms with van der Waals surface area (Å²) in [6.45, 7) is 1.60. The third kappa shape index (κ3) is 4.28. The van der Waals surface area contributed by atoms with E-state index in [0.29, 0.717) is 30.3 Å². The van der Waals surface area contributed by atoms with Gasteiger partial charge in [0.25, 0.3) is 0 Å². The van der Waals surface area contributed by atoms with Gasteiger partial charge in [-0.2, -0.15) is 0 Å². The number of ether oxygens (including phenoxy) is 3. The number of rotatable bonds is 7. The summed E-state index contributed by atoms with van der Waals surface area (Å²) in [4.78, 5) is 2.22. The molecule has 0 spiro atoms. The largest absolute Gasteiger partial charge is 0.493 e. The van der Waals surface area contributed by atoms with Crippen LogP contribution in [0.1, 0.15) is 5.56 Å². The molecule has 0 bridgehead atoms. The second kappa shape index (κ2) is 8.06. The lowest BCUT2D eigenvalue weighted by atomic mass is 10.1. The van der Waals surface area contributed by atoms with Gasteiger partial charge in [0.15, 0.2) is 11.5 Å². The molecule has 1 N–H and O–H groups in total. The monoisotopic (exact) mass is 392 g/mol. The highest BCUT2D eigenvalue weighted by Crippen LogP contribution is 2.32. The Kier molecular flexibility index (Phi) is 5.76. The molecule has 27 heavy (non-hydrogen) atoms. The van der Waals surface area contributed by atoms with Crippen molar-refractivity contribution < 1.29 is 22.6 Å². The van der Waals surface area contributed by atoms with E-state index >= 15 is 0 Å². The van der Waals surface area contributed by atoms with E-state index in [0.717, 1.165) is 17.8 Å². The van der Waals surface area contributed by atoms with Gasteiger partial charge in [-0.1, -0.05) is 6.07 Å². The molecule has 1 aliphatic heterocycles. The molecule has 0 aromatic heterocycles. The van der Waals surface area contributed by atoms with Gasteiger partial charge in [0, 0.05) is 13.6 Å². The third-order valence-electron chi connectivity index (χ3n) is 4.49. The first-order valence-electron chi connectivity index (χ1n) is 8.63. The molecule has 0 saturated carbocycles. The highest BCUT2D eigenvalue weighted by Gasteiger charge is 2.20. The average molecular weight is 392 g/mol. The summed E-state index contributed by atoms with van der Waals surface area (Å²) in [6, 6.07) is 10.5. The van der Waals surface area contributed by atoms with Gasteiger partial charge in [0.2, 0.25) is 10.0 Å². The molecule has 1 heterocycles. The molecule has 1 aliphatic rings. The molecule has 0 aliphatic carbocycles. The predicted octanol–water partition coefficient (Wildman–Crippen LogP) is 2.05. The van der Waals surface area contributed by atoms with E-state index < -0.39 is 10.0 Å². The summed E-state index contributed by atoms with van der Waals surface area (Å²) in [5.41, 5.74) is 1.73. The van der Waals surface area contributed by atoms with Gasteiger partial charge >= 0.3 is 0 Å². The molecule has 7 nitrogen and oxygen atoms in total. The van der Waals surface area contributed by atoms with Crippen molar-refractivity contribution in [2.45, 2.75) is 11.3 Å². The first kappa shape index (κ1) is 19.3. The molecule has 2 aromatic carbocycles. The molecule has 0 atom stereocenters. The van der Waals surface area contributed by atoms with E-state index in [2.05, 4.69) is 4.72 Å². The van der Waals surface area contributed by atoms with Crippen LogP contribution in [0.15, 0.2) is 41.3 Å². The van der Waals surface area contributed by atoms with Crippen molar-refractivity contribution in [3.63, 3.8) is 0 Å². The van der Waals surface area contributed by atoms with Crippen molar-refractivity contribution in [1.29, 1.82) is 0 Å². The molecule has 0 unspecified atom stereocenters. The second-order valence-corrected chi connectivity index (χ2v) is 8.00. The van der Waals surface area contributed by atoms with Crippen molar-refractivity contribution in [2.75, 3.05) is 45.9 Å². The maximum Gasteiger partial charge on any atom is 0.240 e. The van der Waals surface area contributed by atoms with Gasteiger partial charge in [-0.05, 0) is 42.3 Å². The number of sulfonamides is 1. The average Bonchev–Trinajstić information content (AvgIpc) is 2.67. The second-order valence-electron chi connectivity index (χ2n) is 6.24. The molecule has 0 amide bonds. The van der Waals surface area contributed by atoms with Crippen LogP contribution in [0.3, 0.4) is 0 Å². The number of anilines is 1. The summed E-state index contributed by atoms with van der Waals surface area (Å²) < 4.78 is 43.9. The minimum atomic E-state index is -3.60. The summed E-state index contributed by atoms with van der Waals surface area (Å²) in [5.74, 6) is 1.96. The molecule has 3 rings (SSSR count). The molecular formula is C19H24N2O5S. The van der Waals surface area contributed by atoms with Crippen LogP contribution in [-0.2, 0) is 16.4 Å². The van der Waals surface area contributed by atoms with Crippen LogP contribution in [-0.4, -0.2) is 49.4 Å². The summed E-state index contributed by atoms with van der Waals surface area (Å²) >= 11 is 0. The Morgan fingerprint density at radius 3 is 2.63 bits per heavy atom. The Labute approximate surface area is 159 Å². The maximum absolute atomic E-state index is 12.6. The highest BCUT2D eigenvalue weighted by atomic mass is 32.2. The van der Waals surface area contributed by atoms with Crippen LogP contribution in [0.2, 0.25) is 0 Å². The van der Waals surface area contributed by atoms with Gasteiger partial charge in [0.05, 0.1) is 31.3 Å². The van der Waals surface area contributed by atoms with Gasteiger partial charge in [-0.25, -0.2) is 13.1 Å². The molecule has 8 heteroatoms. The first-order chi connectivity index (χ1) is 12.9. The quantitative estimate of drug-likeness (QED) is 0.777. The minimum Gasteiger partial charge on any atom is -0.493 e. The molecule has 0 radical (unpaired) electrons. The number of fused-ring (bicyclic) bond motifs is 1. The Morgan fingerprint density at radius 2 is 1.89 bits per heavy atom. The normalized spacial score (nSPS) is 13.7. The zero-order valence-corrected chi connectivity index (χ0v) is 16.5. The summed E-state index contributed by atoms with van der Waals surface area (Å²) in [6.07, 6.45) is 0.535. The molecular weight excluding hydrogens is 368 g/mol. The molecule has 146 valence electrons. The van der Waals surface area contributed by atoms with E-state index in [9.17, 15) is 8.42 Å². The van der Waals surface area contributed by atoms with Crippen molar-refractivity contribution in [1.82, 2.24) is 4.72 Å². The fraction of sp³-hybridized carbons (Fsp3) is 0.368. The SMILES string of the molecule is COc1ccc(CCNS(=O)(=O)c2ccc3c(c2)N(C)CCO3)cc1OC. The van der Waals surface area contributed by atoms with E-state index in [4.69, 9.17) is 14.2 Å². The number of nitrogens with zero attached hydrogens (tertiary/aromatic N) is 1. The fourth-order valence-corrected chi connectivity index (χ4v) is 4.00. The Bertz CT molecular complexity index is 914. The molecule has 2 aromatic rings. The number of hydrogen-bond donors (Lipinski definition) is 1. The topological polar surface area (TPSA) is 77.1 Å². The Hall–Kier alpha value is -2.45. The van der Waals surface area contributed by atoms with E-state index in [1.54, 1.807) is 32.4 Å². The number of nitrogens with one attached hydrogen (secondary N) is 1. The Morgan fingerprint density at radius 1 is 1.11 bits per heavy atom. The van der Waals surface area contributed by atoms with Crippen LogP contribution in [0.4, 0.5) is 5.69 Å². The van der Waals surface area contributed by atoms with E-state index in [1.165, 1.54) is 0 Å². The smallest absolute Gasteiger partial charge is 0.240 e. The van der Waals surface area contributed by atoms with Gasteiger partial charge < -0.3 is 19.1 Å². The summed E-state index contributed by atoms with van der Waals surface area (Å²) in [7, 11) is 1.46. The zero-order chi connectivity index (χ0) is 19.4. The lowest BCUT2D eigenvalue weighted by molar-refractivity contribution is 0.311. The number of hydrogen-bond acceptors (Lipinski definition) is 6. The summed E-state index contributed by atoms with van der Waals surface area (Å²) in [5, 5.41) is 0. The number of methoxy groups -OCH3 is 2. The first-order valence-corrected chi connectivity index (χ1v) is 10.1. The van der Waals surface area contributed by atoms with Gasteiger partial charge in [-0.15, -0.1) is 0 Å². The highest BCUT2D eigenvalue weighted by molar-refractivity contribution is 7.89. The Balaban J connectivity index is 1.68. The molecule has 0 fully saturated rings. The maximum atomic E-state index is 12.6. The van der Waals surface area contributed by atoms with E-state index in [1.807, 2.05) is 30.1 Å². The standard InChI is InChI=1S/C19H24N2O5S/c1-21-10-11-26-17-7-5-15(13-16(17)21)27(22,23)20-9-8-14-4-6-18(24-2)19(12-14)25-3/h4-7,12-13,20H,8-11H2,1-3H3. The van der Waals surface area contributed by atoms with Crippen LogP contribution in [0.5, 0.6) is 17.2 Å². The van der Waals surface area contributed by atoms with E-state index in [-0.39, 0.29) is 11.4 Å². The van der Waals surface area contributed by atoms with Gasteiger partial charge in [-0.3, -0.25) is 0 Å². The van der Waals surface area contributed by atoms with Crippen LogP contribution in [0, 0.1) is 0 Å². The van der Waals surface area contributed by atoms with Crippen molar-refractivity contribution in [2.24, 2.45) is 0 Å². The van der Waals surface area contributed by atoms with Crippen molar-refractivity contribution in [3.05, 3.63) is 42.0 Å². The lowest BCUT2D eigenvalue weighted by Crippen LogP contribution is -2.30. The van der Waals surface area contributed by atoms with Gasteiger partial charge in [0.1, 0.15) is 12.4 Å². The number of likely N-dealkylation sites (N-methyl/N-ethyl adjacent to an activating group) is 1. The van der Waals surface area contributed by atoms with Crippen LogP contribution in [0.25, 0.3) is 0 Å². The van der Waals surface area contributed by atoms with Crippen LogP contribution >= 0.6 is 0 Å². The zero-order valence-electron chi connectivity index (χ0n) is 15.7. The minimum absolute atomic E-state index is 0.228. The predicted molar refractivity (Wildman–Crippen MR) is 104 cm³/mol. The third-order valence-corrected chi connectivity index (χ3v) is 5.95. The number of benzene rings is 2.